The average Bonchev–Trinajstić information content (AvgIpc) is 3.33. The Bertz CT molecular complexity index is 1210. The van der Waals surface area contributed by atoms with E-state index in [4.69, 9.17) is 0 Å². The molecule has 3 aromatic rings. The van der Waals surface area contributed by atoms with Gasteiger partial charge in [0, 0.05) is 18.7 Å². The summed E-state index contributed by atoms with van der Waals surface area (Å²) in [6.45, 7) is 1.56. The van der Waals surface area contributed by atoms with Gasteiger partial charge >= 0.3 is 6.03 Å². The van der Waals surface area contributed by atoms with E-state index in [9.17, 15) is 14.4 Å². The Balaban J connectivity index is 1.36. The molecule has 1 unspecified atom stereocenters. The van der Waals surface area contributed by atoms with Crippen molar-refractivity contribution in [3.8, 4) is 0 Å². The van der Waals surface area contributed by atoms with Crippen molar-refractivity contribution >= 4 is 40.0 Å². The number of aryl methyl sites for hydroxylation is 1. The molecule has 1 spiro atoms. The molecule has 0 radical (unpaired) electrons. The smallest absolute Gasteiger partial charge is 0.323 e. The molecule has 1 atom stereocenters. The second kappa shape index (κ2) is 7.87. The zero-order valence-electron chi connectivity index (χ0n) is 17.6. The Hall–Kier alpha value is -3.52. The number of imide groups is 1. The maximum atomic E-state index is 13.3. The second-order valence-corrected chi connectivity index (χ2v) is 9.00. The van der Waals surface area contributed by atoms with Gasteiger partial charge in [-0.15, -0.1) is 11.3 Å². The number of benzene rings is 2. The van der Waals surface area contributed by atoms with E-state index in [0.717, 1.165) is 17.7 Å². The van der Waals surface area contributed by atoms with Crippen molar-refractivity contribution in [3.63, 3.8) is 0 Å². The van der Waals surface area contributed by atoms with Crippen LogP contribution in [0.2, 0.25) is 0 Å². The van der Waals surface area contributed by atoms with Gasteiger partial charge in [0.05, 0.1) is 17.9 Å². The number of nitrogens with one attached hydrogen (secondary N) is 1. The van der Waals surface area contributed by atoms with Crippen LogP contribution in [0.5, 0.6) is 0 Å². The van der Waals surface area contributed by atoms with E-state index in [1.54, 1.807) is 5.38 Å². The normalized spacial score (nSPS) is 19.7. The highest BCUT2D eigenvalue weighted by Crippen LogP contribution is 2.35. The molecular formula is C24H22N4O3S. The van der Waals surface area contributed by atoms with Crippen molar-refractivity contribution in [3.05, 3.63) is 76.8 Å². The van der Waals surface area contributed by atoms with Crippen LogP contribution in [-0.4, -0.2) is 33.3 Å². The largest absolute Gasteiger partial charge is 0.325 e. The fourth-order valence-corrected chi connectivity index (χ4v) is 5.36. The quantitative estimate of drug-likeness (QED) is 0.618. The van der Waals surface area contributed by atoms with Gasteiger partial charge in [-0.25, -0.2) is 9.78 Å². The van der Waals surface area contributed by atoms with Crippen molar-refractivity contribution in [1.29, 1.82) is 0 Å². The van der Waals surface area contributed by atoms with Gasteiger partial charge in [0.2, 0.25) is 5.91 Å². The van der Waals surface area contributed by atoms with Gasteiger partial charge in [-0.2, -0.15) is 0 Å². The Morgan fingerprint density at radius 2 is 1.84 bits per heavy atom. The minimum Gasteiger partial charge on any atom is -0.323 e. The fourth-order valence-electron chi connectivity index (χ4n) is 4.48. The molecular weight excluding hydrogens is 424 g/mol. The van der Waals surface area contributed by atoms with Gasteiger partial charge in [-0.05, 0) is 36.1 Å². The Morgan fingerprint density at radius 1 is 1.12 bits per heavy atom. The number of amides is 4. The van der Waals surface area contributed by atoms with Crippen molar-refractivity contribution < 1.29 is 14.4 Å². The molecule has 1 aliphatic heterocycles. The van der Waals surface area contributed by atoms with Gasteiger partial charge in [-0.1, -0.05) is 42.5 Å². The van der Waals surface area contributed by atoms with Crippen LogP contribution >= 0.6 is 11.3 Å². The molecule has 0 saturated carbocycles. The lowest BCUT2D eigenvalue weighted by atomic mass is 9.78. The molecule has 2 aromatic carbocycles. The summed E-state index contributed by atoms with van der Waals surface area (Å²) in [5.74, 6) is -0.370. The molecule has 1 aliphatic carbocycles. The molecule has 1 fully saturated rings. The number of fused-ring (bicyclic) bond motifs is 1. The minimum absolute atomic E-state index is 0.0745. The third-order valence-corrected chi connectivity index (χ3v) is 6.93. The summed E-state index contributed by atoms with van der Waals surface area (Å²) in [7, 11) is 0. The SMILES string of the molecule is CC(=O)N(c1ccccc1)c1nc(CN2C(=O)NC3(CCc4ccccc4C3)C2=O)cs1. The number of carbonyl (C=O) groups excluding carboxylic acids is 3. The average molecular weight is 447 g/mol. The third-order valence-electron chi connectivity index (χ3n) is 6.06. The summed E-state index contributed by atoms with van der Waals surface area (Å²) >= 11 is 1.31. The number of para-hydroxylation sites is 1. The van der Waals surface area contributed by atoms with Gasteiger partial charge in [0.15, 0.2) is 5.13 Å². The summed E-state index contributed by atoms with van der Waals surface area (Å²) in [5, 5.41) is 5.25. The first kappa shape index (κ1) is 20.4. The number of hydrogen-bond donors (Lipinski definition) is 1. The first-order valence-electron chi connectivity index (χ1n) is 10.5. The van der Waals surface area contributed by atoms with Crippen LogP contribution in [0, 0.1) is 0 Å². The number of anilines is 2. The van der Waals surface area contributed by atoms with Crippen molar-refractivity contribution in [1.82, 2.24) is 15.2 Å². The fraction of sp³-hybridized carbons (Fsp3) is 0.250. The predicted molar refractivity (Wildman–Crippen MR) is 122 cm³/mol. The number of urea groups is 1. The van der Waals surface area contributed by atoms with E-state index in [-0.39, 0.29) is 18.4 Å². The van der Waals surface area contributed by atoms with E-state index in [1.807, 2.05) is 48.5 Å². The van der Waals surface area contributed by atoms with Gasteiger partial charge in [0.25, 0.3) is 5.91 Å². The van der Waals surface area contributed by atoms with Crippen LogP contribution in [0.3, 0.4) is 0 Å². The van der Waals surface area contributed by atoms with Gasteiger partial charge < -0.3 is 5.32 Å². The zero-order chi connectivity index (χ0) is 22.3. The zero-order valence-corrected chi connectivity index (χ0v) is 18.4. The van der Waals surface area contributed by atoms with Gasteiger partial charge in [0.1, 0.15) is 5.54 Å². The van der Waals surface area contributed by atoms with E-state index in [0.29, 0.717) is 23.7 Å². The van der Waals surface area contributed by atoms with Crippen LogP contribution in [0.1, 0.15) is 30.2 Å². The highest BCUT2D eigenvalue weighted by atomic mass is 32.1. The van der Waals surface area contributed by atoms with Crippen LogP contribution in [0.15, 0.2) is 60.0 Å². The Labute approximate surface area is 189 Å². The molecule has 5 rings (SSSR count). The van der Waals surface area contributed by atoms with E-state index in [1.165, 1.54) is 33.6 Å². The first-order valence-corrected chi connectivity index (χ1v) is 11.4. The van der Waals surface area contributed by atoms with Crippen molar-refractivity contribution in [2.24, 2.45) is 0 Å². The predicted octanol–water partition coefficient (Wildman–Crippen LogP) is 3.81. The summed E-state index contributed by atoms with van der Waals surface area (Å²) in [4.78, 5) is 45.7. The van der Waals surface area contributed by atoms with Crippen LogP contribution in [0.4, 0.5) is 15.6 Å². The van der Waals surface area contributed by atoms with Crippen LogP contribution in [-0.2, 0) is 29.0 Å². The monoisotopic (exact) mass is 446 g/mol. The molecule has 1 N–H and O–H groups in total. The molecule has 7 nitrogen and oxygen atoms in total. The maximum absolute atomic E-state index is 13.3. The molecule has 8 heteroatoms. The number of rotatable bonds is 4. The highest BCUT2D eigenvalue weighted by molar-refractivity contribution is 7.14. The molecule has 32 heavy (non-hydrogen) atoms. The first-order chi connectivity index (χ1) is 15.5. The van der Waals surface area contributed by atoms with Crippen molar-refractivity contribution in [2.45, 2.75) is 38.3 Å². The third kappa shape index (κ3) is 3.46. The van der Waals surface area contributed by atoms with Crippen LogP contribution in [0.25, 0.3) is 0 Å². The van der Waals surface area contributed by atoms with Crippen molar-refractivity contribution in [2.75, 3.05) is 4.90 Å². The van der Waals surface area contributed by atoms with Crippen LogP contribution < -0.4 is 10.2 Å². The number of thiazole rings is 1. The molecule has 2 aliphatic rings. The van der Waals surface area contributed by atoms with E-state index >= 15 is 0 Å². The lowest BCUT2D eigenvalue weighted by Gasteiger charge is -2.32. The molecule has 0 bridgehead atoms. The Morgan fingerprint density at radius 3 is 2.59 bits per heavy atom. The van der Waals surface area contributed by atoms with E-state index in [2.05, 4.69) is 16.4 Å². The number of nitrogens with zero attached hydrogens (tertiary/aromatic N) is 3. The summed E-state index contributed by atoms with van der Waals surface area (Å²) in [6, 6.07) is 16.9. The lowest BCUT2D eigenvalue weighted by molar-refractivity contribution is -0.132. The molecule has 1 saturated heterocycles. The number of aromatic nitrogens is 1. The number of carbonyl (C=O) groups is 3. The lowest BCUT2D eigenvalue weighted by Crippen LogP contribution is -2.51. The second-order valence-electron chi connectivity index (χ2n) is 8.16. The van der Waals surface area contributed by atoms with E-state index < -0.39 is 11.6 Å². The summed E-state index contributed by atoms with van der Waals surface area (Å²) < 4.78 is 0. The van der Waals surface area contributed by atoms with Gasteiger partial charge in [-0.3, -0.25) is 19.4 Å². The maximum Gasteiger partial charge on any atom is 0.325 e. The molecule has 2 heterocycles. The highest BCUT2D eigenvalue weighted by Gasteiger charge is 2.52. The number of hydrogen-bond acceptors (Lipinski definition) is 5. The topological polar surface area (TPSA) is 82.6 Å². The molecule has 162 valence electrons. The summed E-state index contributed by atoms with van der Waals surface area (Å²) in [6.07, 6.45) is 1.83. The minimum atomic E-state index is -0.889. The summed E-state index contributed by atoms with van der Waals surface area (Å²) in [5.41, 5.74) is 2.73. The standard InChI is InChI=1S/C24H22N4O3S/c1-16(29)28(20-9-3-2-4-10-20)23-25-19(15-32-23)14-27-21(30)24(26-22(27)31)12-11-17-7-5-6-8-18(17)13-24/h2-10,15H,11-14H2,1H3,(H,26,31). The Kier molecular flexibility index (Phi) is 5.01. The molecule has 1 aromatic heterocycles. The molecule has 4 amide bonds.